The Kier molecular flexibility index (Phi) is 5.72. The van der Waals surface area contributed by atoms with E-state index in [-0.39, 0.29) is 5.91 Å². The van der Waals surface area contributed by atoms with E-state index < -0.39 is 0 Å². The maximum absolute atomic E-state index is 12.2. The van der Waals surface area contributed by atoms with Gasteiger partial charge in [-0.1, -0.05) is 18.1 Å². The molecule has 7 heteroatoms. The fraction of sp³-hybridized carbons (Fsp3) is 0.190. The van der Waals surface area contributed by atoms with Gasteiger partial charge in [-0.15, -0.1) is 6.42 Å². The number of hydrogen-bond acceptors (Lipinski definition) is 5. The molecule has 0 spiro atoms. The number of rotatable bonds is 6. The van der Waals surface area contributed by atoms with Crippen LogP contribution in [0.5, 0.6) is 0 Å². The molecular weight excluding hydrogens is 352 g/mol. The molecule has 2 heterocycles. The minimum absolute atomic E-state index is 0.190. The van der Waals surface area contributed by atoms with E-state index in [4.69, 9.17) is 6.42 Å². The third-order valence-corrected chi connectivity index (χ3v) is 4.12. The van der Waals surface area contributed by atoms with Crippen LogP contribution in [0, 0.1) is 19.3 Å². The second-order valence-corrected chi connectivity index (χ2v) is 6.57. The Bertz CT molecular complexity index is 1070. The molecule has 2 N–H and O–H groups in total. The molecule has 0 saturated carbocycles. The number of carbonyl (C=O) groups excluding carboxylic acids is 1. The molecular formula is C21H22N6O. The summed E-state index contributed by atoms with van der Waals surface area (Å²) in [6.45, 7) is 2.61. The van der Waals surface area contributed by atoms with Crippen molar-refractivity contribution < 1.29 is 4.79 Å². The third kappa shape index (κ3) is 4.37. The summed E-state index contributed by atoms with van der Waals surface area (Å²) in [4.78, 5) is 18.5. The fourth-order valence-corrected chi connectivity index (χ4v) is 2.75. The standard InChI is InChI=1S/C21H22N6O/c1-5-16-8-6-9-17(12-16)24-21-20-15(2)18(13-27(20)23-14-22-21)25-19(28)10-7-11-26(3)4/h1,6-10,12-14H,11H2,2-4H3,(H,25,28)(H,22,23,24)/b10-7+. The molecule has 0 unspecified atom stereocenters. The number of aromatic nitrogens is 3. The molecule has 1 amide bonds. The summed E-state index contributed by atoms with van der Waals surface area (Å²) < 4.78 is 1.69. The SMILES string of the molecule is C#Cc1cccc(Nc2ncnn3cc(NC(=O)/C=C/CN(C)C)c(C)c23)c1. The van der Waals surface area contributed by atoms with Gasteiger partial charge in [-0.2, -0.15) is 5.10 Å². The second-order valence-electron chi connectivity index (χ2n) is 6.57. The average Bonchev–Trinajstić information content (AvgIpc) is 2.98. The van der Waals surface area contributed by atoms with Gasteiger partial charge in [0, 0.05) is 29.4 Å². The van der Waals surface area contributed by atoms with Gasteiger partial charge in [0.25, 0.3) is 0 Å². The number of anilines is 3. The molecule has 3 aromatic rings. The molecule has 0 bridgehead atoms. The molecule has 0 aliphatic carbocycles. The number of carbonyl (C=O) groups is 1. The number of amides is 1. The maximum Gasteiger partial charge on any atom is 0.248 e. The first-order chi connectivity index (χ1) is 13.5. The van der Waals surface area contributed by atoms with E-state index in [2.05, 4.69) is 26.6 Å². The summed E-state index contributed by atoms with van der Waals surface area (Å²) in [5.74, 6) is 3.06. The smallest absolute Gasteiger partial charge is 0.248 e. The topological polar surface area (TPSA) is 74.6 Å². The minimum Gasteiger partial charge on any atom is -0.338 e. The first kappa shape index (κ1) is 19.1. The summed E-state index contributed by atoms with van der Waals surface area (Å²) in [5.41, 5.74) is 3.93. The van der Waals surface area contributed by atoms with Crippen molar-refractivity contribution >= 4 is 28.6 Å². The Hall–Kier alpha value is -3.63. The largest absolute Gasteiger partial charge is 0.338 e. The van der Waals surface area contributed by atoms with Crippen LogP contribution in [0.1, 0.15) is 11.1 Å². The fourth-order valence-electron chi connectivity index (χ4n) is 2.75. The molecule has 1 aromatic carbocycles. The molecule has 2 aromatic heterocycles. The zero-order chi connectivity index (χ0) is 20.1. The van der Waals surface area contributed by atoms with Crippen LogP contribution >= 0.6 is 0 Å². The lowest BCUT2D eigenvalue weighted by molar-refractivity contribution is -0.111. The highest BCUT2D eigenvalue weighted by Gasteiger charge is 2.14. The molecule has 3 rings (SSSR count). The van der Waals surface area contributed by atoms with E-state index in [0.29, 0.717) is 18.1 Å². The van der Waals surface area contributed by atoms with Crippen LogP contribution in [0.15, 0.2) is 48.9 Å². The number of likely N-dealkylation sites (N-methyl/N-ethyl adjacent to an activating group) is 1. The number of benzene rings is 1. The summed E-state index contributed by atoms with van der Waals surface area (Å²) in [5, 5.41) is 10.4. The lowest BCUT2D eigenvalue weighted by atomic mass is 10.2. The van der Waals surface area contributed by atoms with Crippen molar-refractivity contribution in [2.24, 2.45) is 0 Å². The van der Waals surface area contributed by atoms with Gasteiger partial charge in [-0.25, -0.2) is 9.50 Å². The van der Waals surface area contributed by atoms with Crippen LogP contribution in [-0.4, -0.2) is 46.0 Å². The molecule has 0 radical (unpaired) electrons. The van der Waals surface area contributed by atoms with Gasteiger partial charge in [0.2, 0.25) is 5.91 Å². The highest BCUT2D eigenvalue weighted by molar-refractivity contribution is 6.01. The lowest BCUT2D eigenvalue weighted by Crippen LogP contribution is -2.13. The Balaban J connectivity index is 1.87. The number of aryl methyl sites for hydroxylation is 1. The van der Waals surface area contributed by atoms with Crippen molar-refractivity contribution in [3.8, 4) is 12.3 Å². The summed E-state index contributed by atoms with van der Waals surface area (Å²) in [6.07, 6.45) is 12.0. The molecule has 0 aliphatic heterocycles. The summed E-state index contributed by atoms with van der Waals surface area (Å²) in [6, 6.07) is 7.53. The number of hydrogen-bond donors (Lipinski definition) is 2. The number of nitrogens with one attached hydrogen (secondary N) is 2. The van der Waals surface area contributed by atoms with Crippen LogP contribution < -0.4 is 10.6 Å². The third-order valence-electron chi connectivity index (χ3n) is 4.12. The van der Waals surface area contributed by atoms with Crippen LogP contribution in [0.25, 0.3) is 5.52 Å². The Morgan fingerprint density at radius 2 is 2.21 bits per heavy atom. The number of fused-ring (bicyclic) bond motifs is 1. The summed E-state index contributed by atoms with van der Waals surface area (Å²) >= 11 is 0. The lowest BCUT2D eigenvalue weighted by Gasteiger charge is -2.08. The van der Waals surface area contributed by atoms with Gasteiger partial charge in [-0.05, 0) is 39.2 Å². The zero-order valence-corrected chi connectivity index (χ0v) is 16.1. The van der Waals surface area contributed by atoms with E-state index in [1.54, 1.807) is 10.7 Å². The first-order valence-corrected chi connectivity index (χ1v) is 8.77. The van der Waals surface area contributed by atoms with Crippen molar-refractivity contribution in [3.05, 3.63) is 60.1 Å². The first-order valence-electron chi connectivity index (χ1n) is 8.77. The van der Waals surface area contributed by atoms with E-state index in [9.17, 15) is 4.79 Å². The number of terminal acetylenes is 1. The molecule has 0 atom stereocenters. The van der Waals surface area contributed by atoms with Gasteiger partial charge in [0.05, 0.1) is 11.9 Å². The highest BCUT2D eigenvalue weighted by Crippen LogP contribution is 2.28. The molecule has 142 valence electrons. The van der Waals surface area contributed by atoms with Gasteiger partial charge in [0.1, 0.15) is 11.8 Å². The number of nitrogens with zero attached hydrogens (tertiary/aromatic N) is 4. The second kappa shape index (κ2) is 8.37. The molecule has 0 saturated heterocycles. The van der Waals surface area contributed by atoms with Crippen LogP contribution in [0.4, 0.5) is 17.2 Å². The van der Waals surface area contributed by atoms with Crippen LogP contribution in [0.2, 0.25) is 0 Å². The van der Waals surface area contributed by atoms with Crippen molar-refractivity contribution in [2.45, 2.75) is 6.92 Å². The van der Waals surface area contributed by atoms with Crippen molar-refractivity contribution in [2.75, 3.05) is 31.3 Å². The average molecular weight is 374 g/mol. The molecule has 0 aliphatic rings. The van der Waals surface area contributed by atoms with Crippen LogP contribution in [-0.2, 0) is 4.79 Å². The predicted molar refractivity (Wildman–Crippen MR) is 112 cm³/mol. The Morgan fingerprint density at radius 3 is 2.96 bits per heavy atom. The van der Waals surface area contributed by atoms with Gasteiger partial charge >= 0.3 is 0 Å². The molecule has 28 heavy (non-hydrogen) atoms. The van der Waals surface area contributed by atoms with Gasteiger partial charge < -0.3 is 15.5 Å². The van der Waals surface area contributed by atoms with E-state index in [0.717, 1.165) is 22.3 Å². The minimum atomic E-state index is -0.190. The Labute approximate surface area is 164 Å². The quantitative estimate of drug-likeness (QED) is 0.513. The molecule has 7 nitrogen and oxygen atoms in total. The van der Waals surface area contributed by atoms with Gasteiger partial charge in [0.15, 0.2) is 5.82 Å². The summed E-state index contributed by atoms with van der Waals surface area (Å²) in [7, 11) is 3.89. The van der Waals surface area contributed by atoms with Crippen molar-refractivity contribution in [3.63, 3.8) is 0 Å². The zero-order valence-electron chi connectivity index (χ0n) is 16.1. The highest BCUT2D eigenvalue weighted by atomic mass is 16.1. The van der Waals surface area contributed by atoms with E-state index >= 15 is 0 Å². The van der Waals surface area contributed by atoms with Gasteiger partial charge in [-0.3, -0.25) is 4.79 Å². The van der Waals surface area contributed by atoms with Crippen molar-refractivity contribution in [1.29, 1.82) is 0 Å². The Morgan fingerprint density at radius 1 is 1.39 bits per heavy atom. The predicted octanol–water partition coefficient (Wildman–Crippen LogP) is 2.82. The van der Waals surface area contributed by atoms with Crippen molar-refractivity contribution in [1.82, 2.24) is 19.5 Å². The van der Waals surface area contributed by atoms with Crippen LogP contribution in [0.3, 0.4) is 0 Å². The maximum atomic E-state index is 12.2. The van der Waals surface area contributed by atoms with E-state index in [1.807, 2.05) is 56.3 Å². The molecule has 0 fully saturated rings. The normalized spacial score (nSPS) is 11.1. The monoisotopic (exact) mass is 374 g/mol. The van der Waals surface area contributed by atoms with E-state index in [1.165, 1.54) is 12.4 Å².